The van der Waals surface area contributed by atoms with Crippen molar-refractivity contribution in [2.24, 2.45) is 0 Å². The van der Waals surface area contributed by atoms with Crippen molar-refractivity contribution in [3.8, 4) is 0 Å². The molecule has 0 aromatic rings. The van der Waals surface area contributed by atoms with Crippen molar-refractivity contribution in [1.29, 1.82) is 0 Å². The van der Waals surface area contributed by atoms with Crippen LogP contribution in [-0.2, 0) is 4.74 Å². The SMILES string of the molecule is CC=[SiH]C1CCCCO1. The van der Waals surface area contributed by atoms with E-state index in [9.17, 15) is 0 Å². The Hall–Kier alpha value is 0.0469. The molecule has 1 fully saturated rings. The first-order valence-electron chi connectivity index (χ1n) is 3.68. The van der Waals surface area contributed by atoms with Gasteiger partial charge in [0.25, 0.3) is 0 Å². The molecule has 0 amide bonds. The van der Waals surface area contributed by atoms with Crippen LogP contribution in [0.25, 0.3) is 0 Å². The largest absolute Gasteiger partial charge is 0.378 e. The second kappa shape index (κ2) is 3.96. The zero-order chi connectivity index (χ0) is 6.53. The van der Waals surface area contributed by atoms with Crippen LogP contribution in [0.1, 0.15) is 26.2 Å². The number of hydrogen-bond acceptors (Lipinski definition) is 1. The maximum Gasteiger partial charge on any atom is 0.0590 e. The van der Waals surface area contributed by atoms with E-state index in [2.05, 4.69) is 12.6 Å². The van der Waals surface area contributed by atoms with E-state index in [1.54, 1.807) is 0 Å². The van der Waals surface area contributed by atoms with Crippen molar-refractivity contribution >= 4 is 14.8 Å². The maximum absolute atomic E-state index is 5.52. The lowest BCUT2D eigenvalue weighted by molar-refractivity contribution is 0.0669. The van der Waals surface area contributed by atoms with E-state index < -0.39 is 0 Å². The van der Waals surface area contributed by atoms with Gasteiger partial charge in [0.15, 0.2) is 0 Å². The van der Waals surface area contributed by atoms with Gasteiger partial charge in [-0.15, -0.1) is 5.67 Å². The van der Waals surface area contributed by atoms with E-state index in [-0.39, 0.29) is 0 Å². The summed E-state index contributed by atoms with van der Waals surface area (Å²) in [6.45, 7) is 3.14. The zero-order valence-corrected chi connectivity index (χ0v) is 7.12. The Morgan fingerprint density at radius 1 is 1.56 bits per heavy atom. The molecule has 1 nitrogen and oxygen atoms in total. The van der Waals surface area contributed by atoms with Gasteiger partial charge in [-0.25, -0.2) is 0 Å². The Bertz CT molecular complexity index is 95.1. The molecule has 0 aliphatic carbocycles. The number of rotatable bonds is 1. The van der Waals surface area contributed by atoms with E-state index in [1.165, 1.54) is 19.3 Å². The molecule has 1 aliphatic rings. The Morgan fingerprint density at radius 3 is 3.00 bits per heavy atom. The third-order valence-electron chi connectivity index (χ3n) is 1.62. The molecule has 2 heteroatoms. The van der Waals surface area contributed by atoms with Gasteiger partial charge < -0.3 is 4.74 Å². The molecule has 0 aromatic carbocycles. The van der Waals surface area contributed by atoms with Gasteiger partial charge in [-0.2, -0.15) is 0 Å². The summed E-state index contributed by atoms with van der Waals surface area (Å²) in [5.74, 6) is 0. The van der Waals surface area contributed by atoms with Crippen LogP contribution in [0.4, 0.5) is 0 Å². The molecule has 0 radical (unpaired) electrons. The van der Waals surface area contributed by atoms with Crippen molar-refractivity contribution in [3.05, 3.63) is 0 Å². The lowest BCUT2D eigenvalue weighted by Crippen LogP contribution is -2.22. The molecule has 1 heterocycles. The van der Waals surface area contributed by atoms with Gasteiger partial charge in [0.1, 0.15) is 0 Å². The van der Waals surface area contributed by atoms with Crippen molar-refractivity contribution in [2.45, 2.75) is 31.9 Å². The highest BCUT2D eigenvalue weighted by molar-refractivity contribution is 6.47. The number of hydrogen-bond donors (Lipinski definition) is 0. The molecule has 1 saturated heterocycles. The fraction of sp³-hybridized carbons (Fsp3) is 0.857. The lowest BCUT2D eigenvalue weighted by Gasteiger charge is -2.18. The molecule has 52 valence electrons. The second-order valence-corrected chi connectivity index (χ2v) is 4.23. The first-order valence-corrected chi connectivity index (χ1v) is 5.01. The van der Waals surface area contributed by atoms with Crippen LogP contribution in [0.15, 0.2) is 0 Å². The molecule has 1 aliphatic heterocycles. The highest BCUT2D eigenvalue weighted by Crippen LogP contribution is 2.09. The highest BCUT2D eigenvalue weighted by atomic mass is 28.2. The van der Waals surface area contributed by atoms with Crippen molar-refractivity contribution in [3.63, 3.8) is 0 Å². The molecular formula is C7H14OSi. The smallest absolute Gasteiger partial charge is 0.0590 e. The normalized spacial score (nSPS) is 29.2. The van der Waals surface area contributed by atoms with Crippen LogP contribution >= 0.6 is 0 Å². The van der Waals surface area contributed by atoms with Gasteiger partial charge in [-0.05, 0) is 19.3 Å². The van der Waals surface area contributed by atoms with Gasteiger partial charge in [0.05, 0.1) is 5.73 Å². The quantitative estimate of drug-likeness (QED) is 0.491. The van der Waals surface area contributed by atoms with E-state index in [1.807, 2.05) is 0 Å². The van der Waals surface area contributed by atoms with Crippen LogP contribution in [0.3, 0.4) is 0 Å². The minimum Gasteiger partial charge on any atom is -0.378 e. The van der Waals surface area contributed by atoms with E-state index in [0.717, 1.165) is 6.61 Å². The predicted molar refractivity (Wildman–Crippen MR) is 42.5 cm³/mol. The van der Waals surface area contributed by atoms with Gasteiger partial charge in [0.2, 0.25) is 0 Å². The van der Waals surface area contributed by atoms with Crippen LogP contribution in [0.5, 0.6) is 0 Å². The molecule has 1 atom stereocenters. The first kappa shape index (κ1) is 7.16. The Morgan fingerprint density at radius 2 is 2.44 bits per heavy atom. The summed E-state index contributed by atoms with van der Waals surface area (Å²) in [7, 11) is 0.473. The molecule has 0 N–H and O–H groups in total. The van der Waals surface area contributed by atoms with Gasteiger partial charge in [-0.1, -0.05) is 6.92 Å². The minimum atomic E-state index is 0.473. The summed E-state index contributed by atoms with van der Waals surface area (Å²) in [6, 6.07) is 0. The highest BCUT2D eigenvalue weighted by Gasteiger charge is 2.08. The molecule has 1 rings (SSSR count). The Kier molecular flexibility index (Phi) is 3.15. The standard InChI is InChI=1S/C7H14OSi/c1-2-9-7-5-3-4-6-8-7/h2,7,9H,3-6H2,1H3. The fourth-order valence-corrected chi connectivity index (χ4v) is 2.24. The third kappa shape index (κ3) is 2.41. The van der Waals surface area contributed by atoms with Crippen molar-refractivity contribution < 1.29 is 4.74 Å². The third-order valence-corrected chi connectivity index (χ3v) is 2.96. The summed E-state index contributed by atoms with van der Waals surface area (Å²) in [4.78, 5) is 0. The van der Waals surface area contributed by atoms with E-state index >= 15 is 0 Å². The monoisotopic (exact) mass is 142 g/mol. The second-order valence-electron chi connectivity index (χ2n) is 2.43. The molecule has 1 unspecified atom stereocenters. The summed E-state index contributed by atoms with van der Waals surface area (Å²) >= 11 is 0. The van der Waals surface area contributed by atoms with Crippen molar-refractivity contribution in [2.75, 3.05) is 6.61 Å². The fourth-order valence-electron chi connectivity index (χ4n) is 1.13. The molecular weight excluding hydrogens is 128 g/mol. The van der Waals surface area contributed by atoms with Crippen LogP contribution in [-0.4, -0.2) is 27.1 Å². The molecule has 0 aromatic heterocycles. The molecule has 0 saturated carbocycles. The molecule has 9 heavy (non-hydrogen) atoms. The maximum atomic E-state index is 5.52. The van der Waals surface area contributed by atoms with Gasteiger partial charge in [-0.3, -0.25) is 0 Å². The van der Waals surface area contributed by atoms with Crippen molar-refractivity contribution in [1.82, 2.24) is 0 Å². The Labute approximate surface area is 58.9 Å². The zero-order valence-electron chi connectivity index (χ0n) is 5.97. The van der Waals surface area contributed by atoms with E-state index in [4.69, 9.17) is 4.74 Å². The predicted octanol–water partition coefficient (Wildman–Crippen LogP) is 0.772. The summed E-state index contributed by atoms with van der Waals surface area (Å²) in [5, 5.41) is 0. The summed E-state index contributed by atoms with van der Waals surface area (Å²) in [5.41, 5.74) is 2.90. The van der Waals surface area contributed by atoms with Crippen LogP contribution < -0.4 is 0 Å². The topological polar surface area (TPSA) is 9.23 Å². The van der Waals surface area contributed by atoms with Crippen LogP contribution in [0, 0.1) is 0 Å². The molecule has 0 bridgehead atoms. The average molecular weight is 142 g/mol. The lowest BCUT2D eigenvalue weighted by atomic mass is 10.2. The minimum absolute atomic E-state index is 0.473. The average Bonchev–Trinajstić information content (AvgIpc) is 1.91. The first-order chi connectivity index (χ1) is 4.43. The van der Waals surface area contributed by atoms with Gasteiger partial charge >= 0.3 is 0 Å². The van der Waals surface area contributed by atoms with Gasteiger partial charge in [0, 0.05) is 15.7 Å². The summed E-state index contributed by atoms with van der Waals surface area (Å²) < 4.78 is 5.52. The molecule has 0 spiro atoms. The van der Waals surface area contributed by atoms with E-state index in [0.29, 0.717) is 14.9 Å². The number of ether oxygens (including phenoxy) is 1. The Balaban J connectivity index is 2.23. The summed E-state index contributed by atoms with van der Waals surface area (Å²) in [6.07, 6.45) is 3.96. The van der Waals surface area contributed by atoms with Crippen LogP contribution in [0.2, 0.25) is 0 Å².